The summed E-state index contributed by atoms with van der Waals surface area (Å²) < 4.78 is 0. The number of anilines is 1. The second kappa shape index (κ2) is 6.75. The lowest BCUT2D eigenvalue weighted by atomic mass is 10.1. The van der Waals surface area contributed by atoms with E-state index in [-0.39, 0.29) is 6.04 Å². The van der Waals surface area contributed by atoms with E-state index in [4.69, 9.17) is 0 Å². The molecule has 4 heteroatoms. The van der Waals surface area contributed by atoms with Crippen molar-refractivity contribution in [3.63, 3.8) is 0 Å². The Bertz CT molecular complexity index is 546. The number of thioether (sulfide) groups is 1. The van der Waals surface area contributed by atoms with Crippen molar-refractivity contribution in [1.82, 2.24) is 9.97 Å². The van der Waals surface area contributed by atoms with Crippen LogP contribution in [-0.2, 0) is 0 Å². The highest BCUT2D eigenvalue weighted by Gasteiger charge is 2.07. The summed E-state index contributed by atoms with van der Waals surface area (Å²) >= 11 is 1.86. The van der Waals surface area contributed by atoms with Crippen LogP contribution in [0.2, 0.25) is 0 Å². The molecule has 0 saturated heterocycles. The molecule has 0 bridgehead atoms. The van der Waals surface area contributed by atoms with Crippen LogP contribution in [0.5, 0.6) is 0 Å². The maximum Gasteiger partial charge on any atom is 0.223 e. The molecule has 0 aliphatic heterocycles. The van der Waals surface area contributed by atoms with Crippen LogP contribution < -0.4 is 5.32 Å². The Kier molecular flexibility index (Phi) is 5.01. The van der Waals surface area contributed by atoms with Gasteiger partial charge in [0.2, 0.25) is 5.95 Å². The van der Waals surface area contributed by atoms with Gasteiger partial charge in [-0.25, -0.2) is 9.97 Å². The summed E-state index contributed by atoms with van der Waals surface area (Å²) in [7, 11) is 0. The van der Waals surface area contributed by atoms with Crippen molar-refractivity contribution in [2.75, 3.05) is 11.1 Å². The third-order valence-corrected chi connectivity index (χ3v) is 3.91. The minimum atomic E-state index is 0.192. The van der Waals surface area contributed by atoms with Crippen LogP contribution in [0.3, 0.4) is 0 Å². The predicted octanol–water partition coefficient (Wildman–Crippen LogP) is 4.38. The van der Waals surface area contributed by atoms with Gasteiger partial charge < -0.3 is 5.32 Å². The summed E-state index contributed by atoms with van der Waals surface area (Å²) in [6.45, 7) is 8.27. The highest BCUT2D eigenvalue weighted by molar-refractivity contribution is 7.99. The Balaban J connectivity index is 2.08. The summed E-state index contributed by atoms with van der Waals surface area (Å²) in [5, 5.41) is 3.36. The predicted molar refractivity (Wildman–Crippen MR) is 86.4 cm³/mol. The Morgan fingerprint density at radius 3 is 2.25 bits per heavy atom. The van der Waals surface area contributed by atoms with E-state index in [1.807, 2.05) is 31.7 Å². The first-order valence-corrected chi connectivity index (χ1v) is 7.88. The van der Waals surface area contributed by atoms with Crippen molar-refractivity contribution in [3.8, 4) is 0 Å². The van der Waals surface area contributed by atoms with Gasteiger partial charge in [0.05, 0.1) is 6.04 Å². The SMILES string of the molecule is CCSc1ccc(C(C)Nc2nc(C)cc(C)n2)cc1. The molecule has 0 amide bonds. The minimum absolute atomic E-state index is 0.192. The summed E-state index contributed by atoms with van der Waals surface area (Å²) in [5.74, 6) is 1.80. The monoisotopic (exact) mass is 287 g/mol. The van der Waals surface area contributed by atoms with Crippen molar-refractivity contribution in [2.45, 2.75) is 38.6 Å². The fourth-order valence-electron chi connectivity index (χ4n) is 2.09. The summed E-state index contributed by atoms with van der Waals surface area (Å²) in [6.07, 6.45) is 0. The van der Waals surface area contributed by atoms with Gasteiger partial charge in [-0.05, 0) is 50.3 Å². The molecule has 0 radical (unpaired) electrons. The van der Waals surface area contributed by atoms with E-state index in [1.165, 1.54) is 10.5 Å². The van der Waals surface area contributed by atoms with Crippen LogP contribution in [0.1, 0.15) is 36.8 Å². The highest BCUT2D eigenvalue weighted by Crippen LogP contribution is 2.22. The molecule has 0 fully saturated rings. The Morgan fingerprint density at radius 1 is 1.10 bits per heavy atom. The molecule has 0 saturated carbocycles. The molecule has 1 aromatic heterocycles. The number of aromatic nitrogens is 2. The van der Waals surface area contributed by atoms with Gasteiger partial charge in [-0.1, -0.05) is 19.1 Å². The molecule has 20 heavy (non-hydrogen) atoms. The van der Waals surface area contributed by atoms with Crippen LogP contribution in [0.4, 0.5) is 5.95 Å². The van der Waals surface area contributed by atoms with E-state index in [9.17, 15) is 0 Å². The van der Waals surface area contributed by atoms with E-state index < -0.39 is 0 Å². The zero-order chi connectivity index (χ0) is 14.5. The van der Waals surface area contributed by atoms with Crippen molar-refractivity contribution >= 4 is 17.7 Å². The van der Waals surface area contributed by atoms with E-state index >= 15 is 0 Å². The molecule has 0 aliphatic carbocycles. The minimum Gasteiger partial charge on any atom is -0.348 e. The highest BCUT2D eigenvalue weighted by atomic mass is 32.2. The number of rotatable bonds is 5. The van der Waals surface area contributed by atoms with Gasteiger partial charge in [-0.3, -0.25) is 0 Å². The molecule has 1 N–H and O–H groups in total. The lowest BCUT2D eigenvalue weighted by Gasteiger charge is -2.15. The fraction of sp³-hybridized carbons (Fsp3) is 0.375. The number of hydrogen-bond donors (Lipinski definition) is 1. The summed E-state index contributed by atoms with van der Waals surface area (Å²) in [6, 6.07) is 10.8. The average molecular weight is 287 g/mol. The summed E-state index contributed by atoms with van der Waals surface area (Å²) in [5.41, 5.74) is 3.22. The molecule has 0 spiro atoms. The smallest absolute Gasteiger partial charge is 0.223 e. The maximum atomic E-state index is 4.42. The number of nitrogens with one attached hydrogen (secondary N) is 1. The molecule has 3 nitrogen and oxygen atoms in total. The van der Waals surface area contributed by atoms with Crippen molar-refractivity contribution < 1.29 is 0 Å². The molecule has 1 unspecified atom stereocenters. The van der Waals surface area contributed by atoms with E-state index in [2.05, 4.69) is 53.4 Å². The second-order valence-corrected chi connectivity index (χ2v) is 6.18. The second-order valence-electron chi connectivity index (χ2n) is 4.84. The largest absolute Gasteiger partial charge is 0.348 e. The van der Waals surface area contributed by atoms with Crippen molar-refractivity contribution in [1.29, 1.82) is 0 Å². The molecule has 1 atom stereocenters. The molecule has 1 aromatic carbocycles. The lowest BCUT2D eigenvalue weighted by Crippen LogP contribution is -2.10. The van der Waals surface area contributed by atoms with Gasteiger partial charge in [-0.15, -0.1) is 11.8 Å². The maximum absolute atomic E-state index is 4.42. The van der Waals surface area contributed by atoms with Crippen molar-refractivity contribution in [3.05, 3.63) is 47.3 Å². The topological polar surface area (TPSA) is 37.8 Å². The number of benzene rings is 1. The molecular weight excluding hydrogens is 266 g/mol. The van der Waals surface area contributed by atoms with E-state index in [0.29, 0.717) is 5.95 Å². The third kappa shape index (κ3) is 3.97. The van der Waals surface area contributed by atoms with Gasteiger partial charge in [0.15, 0.2) is 0 Å². The van der Waals surface area contributed by atoms with Crippen LogP contribution in [0.15, 0.2) is 35.2 Å². The van der Waals surface area contributed by atoms with Crippen LogP contribution in [0, 0.1) is 13.8 Å². The van der Waals surface area contributed by atoms with Gasteiger partial charge in [0.25, 0.3) is 0 Å². The molecule has 2 aromatic rings. The first kappa shape index (κ1) is 14.9. The van der Waals surface area contributed by atoms with E-state index in [1.54, 1.807) is 0 Å². The Hall–Kier alpha value is -1.55. The molecular formula is C16H21N3S. The van der Waals surface area contributed by atoms with Crippen LogP contribution in [0.25, 0.3) is 0 Å². The fourth-order valence-corrected chi connectivity index (χ4v) is 2.75. The zero-order valence-corrected chi connectivity index (χ0v) is 13.3. The Morgan fingerprint density at radius 2 is 1.70 bits per heavy atom. The number of hydrogen-bond acceptors (Lipinski definition) is 4. The number of aryl methyl sites for hydroxylation is 2. The molecule has 1 heterocycles. The molecule has 0 aliphatic rings. The molecule has 106 valence electrons. The summed E-state index contributed by atoms with van der Waals surface area (Å²) in [4.78, 5) is 10.2. The van der Waals surface area contributed by atoms with Gasteiger partial charge in [-0.2, -0.15) is 0 Å². The quantitative estimate of drug-likeness (QED) is 0.828. The molecule has 2 rings (SSSR count). The van der Waals surface area contributed by atoms with Crippen LogP contribution in [-0.4, -0.2) is 15.7 Å². The van der Waals surface area contributed by atoms with Gasteiger partial charge in [0, 0.05) is 16.3 Å². The number of nitrogens with zero attached hydrogens (tertiary/aromatic N) is 2. The normalized spacial score (nSPS) is 12.2. The van der Waals surface area contributed by atoms with Crippen molar-refractivity contribution in [2.24, 2.45) is 0 Å². The first-order chi connectivity index (χ1) is 9.58. The third-order valence-electron chi connectivity index (χ3n) is 3.02. The zero-order valence-electron chi connectivity index (χ0n) is 12.5. The first-order valence-electron chi connectivity index (χ1n) is 6.90. The van der Waals surface area contributed by atoms with Crippen LogP contribution >= 0.6 is 11.8 Å². The lowest BCUT2D eigenvalue weighted by molar-refractivity contribution is 0.851. The average Bonchev–Trinajstić information content (AvgIpc) is 2.38. The van der Waals surface area contributed by atoms with Gasteiger partial charge in [0.1, 0.15) is 0 Å². The Labute approximate surface area is 125 Å². The van der Waals surface area contributed by atoms with Gasteiger partial charge >= 0.3 is 0 Å². The van der Waals surface area contributed by atoms with E-state index in [0.717, 1.165) is 17.1 Å². The standard InChI is InChI=1S/C16H21N3S/c1-5-20-15-8-6-14(7-9-15)13(4)19-16-17-11(2)10-12(3)18-16/h6-10,13H,5H2,1-4H3,(H,17,18,19).